The van der Waals surface area contributed by atoms with E-state index in [1.165, 1.54) is 0 Å². The van der Waals surface area contributed by atoms with Crippen LogP contribution in [0.5, 0.6) is 0 Å². The molecule has 0 spiro atoms. The van der Waals surface area contributed by atoms with Crippen LogP contribution in [0.4, 0.5) is 17.7 Å². The van der Waals surface area contributed by atoms with Crippen molar-refractivity contribution < 1.29 is 0 Å². The lowest BCUT2D eigenvalue weighted by molar-refractivity contribution is 0.628. The molecule has 3 aromatic rings. The van der Waals surface area contributed by atoms with Crippen LogP contribution in [0, 0.1) is 5.92 Å². The summed E-state index contributed by atoms with van der Waals surface area (Å²) in [6.45, 7) is 8.62. The molecule has 150 valence electrons. The summed E-state index contributed by atoms with van der Waals surface area (Å²) in [4.78, 5) is 22.9. The maximum Gasteiger partial charge on any atom is 0.227 e. The van der Waals surface area contributed by atoms with Gasteiger partial charge in [-0.05, 0) is 12.0 Å². The van der Waals surface area contributed by atoms with E-state index in [-0.39, 0.29) is 0 Å². The quantitative estimate of drug-likeness (QED) is 0.693. The molecule has 0 aliphatic carbocycles. The first-order valence-electron chi connectivity index (χ1n) is 10.1. The standard InChI is InChI=1S/C22H27N7/c1-17(2)16-25-20-15-19(18-7-4-3-5-8-18)26-22(27-20)29-13-11-28(12-14-29)21-23-9-6-10-24-21/h3-10,15,17H,11-14,16H2,1-2H3,(H,25,26,27). The fraction of sp³-hybridized carbons (Fsp3) is 0.364. The number of benzene rings is 1. The fourth-order valence-electron chi connectivity index (χ4n) is 3.29. The average molecular weight is 390 g/mol. The third kappa shape index (κ3) is 4.80. The number of hydrogen-bond donors (Lipinski definition) is 1. The van der Waals surface area contributed by atoms with Gasteiger partial charge in [0.2, 0.25) is 11.9 Å². The maximum absolute atomic E-state index is 4.88. The second kappa shape index (κ2) is 8.86. The molecule has 0 bridgehead atoms. The van der Waals surface area contributed by atoms with E-state index in [9.17, 15) is 0 Å². The van der Waals surface area contributed by atoms with E-state index in [4.69, 9.17) is 9.97 Å². The van der Waals surface area contributed by atoms with Crippen molar-refractivity contribution in [2.45, 2.75) is 13.8 Å². The maximum atomic E-state index is 4.88. The molecule has 0 amide bonds. The van der Waals surface area contributed by atoms with Crippen LogP contribution in [0.15, 0.2) is 54.9 Å². The Bertz CT molecular complexity index is 907. The molecule has 0 radical (unpaired) electrons. The number of anilines is 3. The van der Waals surface area contributed by atoms with Crippen LogP contribution in [-0.2, 0) is 0 Å². The number of piperazine rings is 1. The van der Waals surface area contributed by atoms with E-state index in [0.29, 0.717) is 5.92 Å². The normalized spacial score (nSPS) is 14.3. The highest BCUT2D eigenvalue weighted by Gasteiger charge is 2.21. The van der Waals surface area contributed by atoms with Crippen LogP contribution in [0.1, 0.15) is 13.8 Å². The van der Waals surface area contributed by atoms with Crippen molar-refractivity contribution in [2.75, 3.05) is 47.8 Å². The van der Waals surface area contributed by atoms with Gasteiger partial charge in [-0.25, -0.2) is 15.0 Å². The van der Waals surface area contributed by atoms with Gasteiger partial charge in [0.15, 0.2) is 0 Å². The smallest absolute Gasteiger partial charge is 0.227 e. The van der Waals surface area contributed by atoms with Crippen LogP contribution >= 0.6 is 0 Å². The first-order valence-corrected chi connectivity index (χ1v) is 10.1. The number of nitrogens with zero attached hydrogens (tertiary/aromatic N) is 6. The van der Waals surface area contributed by atoms with Crippen molar-refractivity contribution in [3.63, 3.8) is 0 Å². The summed E-state index contributed by atoms with van der Waals surface area (Å²) in [6, 6.07) is 14.2. The van der Waals surface area contributed by atoms with E-state index in [2.05, 4.69) is 51.1 Å². The van der Waals surface area contributed by atoms with Gasteiger partial charge < -0.3 is 15.1 Å². The highest BCUT2D eigenvalue weighted by atomic mass is 15.4. The molecule has 1 aromatic carbocycles. The lowest BCUT2D eigenvalue weighted by atomic mass is 10.1. The molecule has 1 aliphatic heterocycles. The minimum Gasteiger partial charge on any atom is -0.370 e. The van der Waals surface area contributed by atoms with Crippen molar-refractivity contribution in [1.29, 1.82) is 0 Å². The molecule has 4 rings (SSSR count). The molecule has 3 heterocycles. The Labute approximate surface area is 171 Å². The minimum atomic E-state index is 0.544. The van der Waals surface area contributed by atoms with Crippen molar-refractivity contribution >= 4 is 17.7 Å². The Morgan fingerprint density at radius 2 is 1.52 bits per heavy atom. The highest BCUT2D eigenvalue weighted by molar-refractivity contribution is 5.64. The van der Waals surface area contributed by atoms with E-state index in [1.54, 1.807) is 12.4 Å². The molecule has 1 N–H and O–H groups in total. The van der Waals surface area contributed by atoms with Gasteiger partial charge in [0, 0.05) is 56.7 Å². The second-order valence-corrected chi connectivity index (χ2v) is 7.60. The first-order chi connectivity index (χ1) is 14.2. The molecular formula is C22H27N7. The Morgan fingerprint density at radius 1 is 0.862 bits per heavy atom. The lowest BCUT2D eigenvalue weighted by Gasteiger charge is -2.34. The summed E-state index contributed by atoms with van der Waals surface area (Å²) >= 11 is 0. The summed E-state index contributed by atoms with van der Waals surface area (Å²) in [5, 5.41) is 3.46. The number of aromatic nitrogens is 4. The topological polar surface area (TPSA) is 70.1 Å². The number of rotatable bonds is 6. The molecule has 7 heteroatoms. The Morgan fingerprint density at radius 3 is 2.17 bits per heavy atom. The summed E-state index contributed by atoms with van der Waals surface area (Å²) in [7, 11) is 0. The summed E-state index contributed by atoms with van der Waals surface area (Å²) < 4.78 is 0. The van der Waals surface area contributed by atoms with Crippen LogP contribution in [0.3, 0.4) is 0 Å². The molecular weight excluding hydrogens is 362 g/mol. The second-order valence-electron chi connectivity index (χ2n) is 7.60. The fourth-order valence-corrected chi connectivity index (χ4v) is 3.29. The van der Waals surface area contributed by atoms with Gasteiger partial charge in [-0.1, -0.05) is 44.2 Å². The summed E-state index contributed by atoms with van der Waals surface area (Å²) in [5.41, 5.74) is 2.04. The Balaban J connectivity index is 1.55. The van der Waals surface area contributed by atoms with Crippen molar-refractivity contribution in [3.05, 3.63) is 54.9 Å². The highest BCUT2D eigenvalue weighted by Crippen LogP contribution is 2.24. The monoisotopic (exact) mass is 389 g/mol. The van der Waals surface area contributed by atoms with Crippen LogP contribution in [-0.4, -0.2) is 52.7 Å². The van der Waals surface area contributed by atoms with Crippen molar-refractivity contribution in [2.24, 2.45) is 5.92 Å². The zero-order valence-corrected chi connectivity index (χ0v) is 17.0. The lowest BCUT2D eigenvalue weighted by Crippen LogP contribution is -2.47. The largest absolute Gasteiger partial charge is 0.370 e. The zero-order chi connectivity index (χ0) is 20.1. The van der Waals surface area contributed by atoms with Crippen LogP contribution < -0.4 is 15.1 Å². The van der Waals surface area contributed by atoms with Gasteiger partial charge in [-0.2, -0.15) is 4.98 Å². The van der Waals surface area contributed by atoms with Crippen LogP contribution in [0.2, 0.25) is 0 Å². The van der Waals surface area contributed by atoms with Gasteiger partial charge in [-0.3, -0.25) is 0 Å². The van der Waals surface area contributed by atoms with E-state index in [1.807, 2.05) is 30.3 Å². The predicted octanol–water partition coefficient (Wildman–Crippen LogP) is 3.33. The molecule has 7 nitrogen and oxygen atoms in total. The Hall–Kier alpha value is -3.22. The minimum absolute atomic E-state index is 0.544. The molecule has 2 aromatic heterocycles. The molecule has 1 fully saturated rings. The Kier molecular flexibility index (Phi) is 5.84. The number of nitrogens with one attached hydrogen (secondary N) is 1. The third-order valence-electron chi connectivity index (χ3n) is 4.87. The van der Waals surface area contributed by atoms with Crippen molar-refractivity contribution in [1.82, 2.24) is 19.9 Å². The van der Waals surface area contributed by atoms with Gasteiger partial charge in [-0.15, -0.1) is 0 Å². The molecule has 1 saturated heterocycles. The molecule has 0 unspecified atom stereocenters. The number of hydrogen-bond acceptors (Lipinski definition) is 7. The molecule has 0 saturated carbocycles. The zero-order valence-electron chi connectivity index (χ0n) is 17.0. The van der Waals surface area contributed by atoms with Crippen molar-refractivity contribution in [3.8, 4) is 11.3 Å². The molecule has 29 heavy (non-hydrogen) atoms. The third-order valence-corrected chi connectivity index (χ3v) is 4.87. The predicted molar refractivity (Wildman–Crippen MR) is 117 cm³/mol. The van der Waals surface area contributed by atoms with Gasteiger partial charge >= 0.3 is 0 Å². The van der Waals surface area contributed by atoms with E-state index < -0.39 is 0 Å². The molecule has 1 aliphatic rings. The average Bonchev–Trinajstić information content (AvgIpc) is 2.79. The van der Waals surface area contributed by atoms with Gasteiger partial charge in [0.05, 0.1) is 5.69 Å². The van der Waals surface area contributed by atoms with E-state index in [0.717, 1.165) is 61.7 Å². The van der Waals surface area contributed by atoms with E-state index >= 15 is 0 Å². The first kappa shape index (κ1) is 19.1. The van der Waals surface area contributed by atoms with Gasteiger partial charge in [0.25, 0.3) is 0 Å². The van der Waals surface area contributed by atoms with Crippen LogP contribution in [0.25, 0.3) is 11.3 Å². The molecule has 0 atom stereocenters. The SMILES string of the molecule is CC(C)CNc1cc(-c2ccccc2)nc(N2CCN(c3ncccn3)CC2)n1. The van der Waals surface area contributed by atoms with Gasteiger partial charge in [0.1, 0.15) is 5.82 Å². The summed E-state index contributed by atoms with van der Waals surface area (Å²) in [6.07, 6.45) is 3.57. The summed E-state index contributed by atoms with van der Waals surface area (Å²) in [5.74, 6) is 2.97.